The number of carbonyl (C=O) groups is 1. The molecule has 0 saturated heterocycles. The fraction of sp³-hybridized carbons (Fsp3) is 0.118. The van der Waals surface area contributed by atoms with Gasteiger partial charge in [-0.3, -0.25) is 10.1 Å². The summed E-state index contributed by atoms with van der Waals surface area (Å²) in [5.41, 5.74) is 0.950. The lowest BCUT2D eigenvalue weighted by molar-refractivity contribution is -0.111. The molecule has 0 aliphatic carbocycles. The van der Waals surface area contributed by atoms with Crippen molar-refractivity contribution < 1.29 is 9.53 Å². The molecule has 6 heteroatoms. The van der Waals surface area contributed by atoms with Gasteiger partial charge in [0.25, 0.3) is 0 Å². The summed E-state index contributed by atoms with van der Waals surface area (Å²) in [6, 6.07) is 11.9. The van der Waals surface area contributed by atoms with Crippen LogP contribution in [0.2, 0.25) is 0 Å². The van der Waals surface area contributed by atoms with Gasteiger partial charge in [0.1, 0.15) is 10.8 Å². The standard InChI is InChI=1S/C17H15N3O2S/c1-11-19-20-17(23-11)18-16(21)8-4-12-3-5-14-10-15(22-2)7-6-13(14)9-12/h3-10H,1-2H3,(H,18,20,21). The Balaban J connectivity index is 1.74. The van der Waals surface area contributed by atoms with Crippen molar-refractivity contribution in [2.75, 3.05) is 12.4 Å². The largest absolute Gasteiger partial charge is 0.497 e. The second kappa shape index (κ2) is 6.58. The molecule has 0 fully saturated rings. The van der Waals surface area contributed by atoms with E-state index in [0.29, 0.717) is 5.13 Å². The van der Waals surface area contributed by atoms with Crippen LogP contribution in [0.4, 0.5) is 5.13 Å². The lowest BCUT2D eigenvalue weighted by atomic mass is 10.1. The average molecular weight is 325 g/mol. The van der Waals surface area contributed by atoms with Gasteiger partial charge < -0.3 is 4.74 Å². The van der Waals surface area contributed by atoms with Gasteiger partial charge >= 0.3 is 0 Å². The molecule has 3 aromatic rings. The normalized spacial score (nSPS) is 11.0. The molecule has 0 saturated carbocycles. The molecule has 0 unspecified atom stereocenters. The predicted molar refractivity (Wildman–Crippen MR) is 92.8 cm³/mol. The molecule has 0 atom stereocenters. The molecular weight excluding hydrogens is 310 g/mol. The van der Waals surface area contributed by atoms with Gasteiger partial charge in [0.2, 0.25) is 11.0 Å². The Hall–Kier alpha value is -2.73. The number of hydrogen-bond acceptors (Lipinski definition) is 5. The molecule has 0 radical (unpaired) electrons. The zero-order chi connectivity index (χ0) is 16.2. The molecule has 1 aromatic heterocycles. The van der Waals surface area contributed by atoms with Crippen LogP contribution < -0.4 is 10.1 Å². The topological polar surface area (TPSA) is 64.1 Å². The van der Waals surface area contributed by atoms with E-state index < -0.39 is 0 Å². The second-order valence-electron chi connectivity index (χ2n) is 4.92. The van der Waals surface area contributed by atoms with Gasteiger partial charge in [0.15, 0.2) is 0 Å². The molecule has 0 aliphatic heterocycles. The molecule has 3 rings (SSSR count). The third kappa shape index (κ3) is 3.73. The number of amides is 1. The fourth-order valence-electron chi connectivity index (χ4n) is 2.14. The Morgan fingerprint density at radius 3 is 2.70 bits per heavy atom. The van der Waals surface area contributed by atoms with Gasteiger partial charge in [0.05, 0.1) is 7.11 Å². The van der Waals surface area contributed by atoms with Crippen molar-refractivity contribution in [1.29, 1.82) is 0 Å². The van der Waals surface area contributed by atoms with Crippen molar-refractivity contribution in [3.63, 3.8) is 0 Å². The number of aryl methyl sites for hydroxylation is 1. The summed E-state index contributed by atoms with van der Waals surface area (Å²) in [5, 5.41) is 13.9. The third-order valence-corrected chi connectivity index (χ3v) is 4.01. The number of hydrogen-bond donors (Lipinski definition) is 1. The van der Waals surface area contributed by atoms with Gasteiger partial charge in [-0.05, 0) is 47.5 Å². The average Bonchev–Trinajstić information content (AvgIpc) is 2.97. The maximum Gasteiger partial charge on any atom is 0.250 e. The SMILES string of the molecule is COc1ccc2cc(C=CC(=O)Nc3nnc(C)s3)ccc2c1. The van der Waals surface area contributed by atoms with Crippen LogP contribution in [0.3, 0.4) is 0 Å². The van der Waals surface area contributed by atoms with Crippen LogP contribution in [-0.4, -0.2) is 23.2 Å². The molecule has 0 bridgehead atoms. The Labute approximate surface area is 137 Å². The first-order valence-corrected chi connectivity index (χ1v) is 7.83. The Morgan fingerprint density at radius 1 is 1.17 bits per heavy atom. The molecular formula is C17H15N3O2S. The summed E-state index contributed by atoms with van der Waals surface area (Å²) in [7, 11) is 1.65. The number of rotatable bonds is 4. The number of benzene rings is 2. The number of anilines is 1. The highest BCUT2D eigenvalue weighted by atomic mass is 32.1. The highest BCUT2D eigenvalue weighted by molar-refractivity contribution is 7.15. The van der Waals surface area contributed by atoms with Gasteiger partial charge in [-0.25, -0.2) is 0 Å². The zero-order valence-corrected chi connectivity index (χ0v) is 13.6. The minimum Gasteiger partial charge on any atom is -0.497 e. The van der Waals surface area contributed by atoms with Crippen LogP contribution in [0, 0.1) is 6.92 Å². The minimum atomic E-state index is -0.226. The molecule has 1 heterocycles. The van der Waals surface area contributed by atoms with Crippen LogP contribution in [0.15, 0.2) is 42.5 Å². The molecule has 0 spiro atoms. The molecule has 1 amide bonds. The van der Waals surface area contributed by atoms with Crippen LogP contribution in [0.1, 0.15) is 10.6 Å². The van der Waals surface area contributed by atoms with Crippen molar-refractivity contribution in [2.45, 2.75) is 6.92 Å². The third-order valence-electron chi connectivity index (χ3n) is 3.25. The van der Waals surface area contributed by atoms with Gasteiger partial charge in [-0.1, -0.05) is 29.5 Å². The molecule has 0 aliphatic rings. The quantitative estimate of drug-likeness (QED) is 0.744. The van der Waals surface area contributed by atoms with E-state index in [0.717, 1.165) is 27.1 Å². The Morgan fingerprint density at radius 2 is 1.96 bits per heavy atom. The van der Waals surface area contributed by atoms with E-state index >= 15 is 0 Å². The smallest absolute Gasteiger partial charge is 0.250 e. The second-order valence-corrected chi connectivity index (χ2v) is 6.10. The lowest BCUT2D eigenvalue weighted by Gasteiger charge is -2.03. The number of carbonyl (C=O) groups excluding carboxylic acids is 1. The maximum absolute atomic E-state index is 11.9. The summed E-state index contributed by atoms with van der Waals surface area (Å²) in [6.07, 6.45) is 3.26. The fourth-order valence-corrected chi connectivity index (χ4v) is 2.73. The summed E-state index contributed by atoms with van der Waals surface area (Å²) in [6.45, 7) is 1.84. The number of methoxy groups -OCH3 is 1. The first-order valence-electron chi connectivity index (χ1n) is 7.01. The molecule has 1 N–H and O–H groups in total. The number of nitrogens with zero attached hydrogens (tertiary/aromatic N) is 2. The van der Waals surface area contributed by atoms with E-state index in [2.05, 4.69) is 15.5 Å². The summed E-state index contributed by atoms with van der Waals surface area (Å²) < 4.78 is 5.21. The van der Waals surface area contributed by atoms with Crippen LogP contribution >= 0.6 is 11.3 Å². The summed E-state index contributed by atoms with van der Waals surface area (Å²) in [5.74, 6) is 0.600. The Kier molecular flexibility index (Phi) is 4.34. The van der Waals surface area contributed by atoms with Gasteiger partial charge in [-0.15, -0.1) is 10.2 Å². The van der Waals surface area contributed by atoms with Gasteiger partial charge in [0, 0.05) is 6.08 Å². The monoisotopic (exact) mass is 325 g/mol. The summed E-state index contributed by atoms with van der Waals surface area (Å²) >= 11 is 1.34. The molecule has 116 valence electrons. The number of aromatic nitrogens is 2. The first-order chi connectivity index (χ1) is 11.1. The maximum atomic E-state index is 11.9. The molecule has 2 aromatic carbocycles. The number of nitrogens with one attached hydrogen (secondary N) is 1. The van der Waals surface area contributed by atoms with E-state index in [1.165, 1.54) is 17.4 Å². The zero-order valence-electron chi connectivity index (χ0n) is 12.7. The molecule has 5 nitrogen and oxygen atoms in total. The van der Waals surface area contributed by atoms with E-state index in [1.54, 1.807) is 13.2 Å². The van der Waals surface area contributed by atoms with Crippen LogP contribution in [0.5, 0.6) is 5.75 Å². The lowest BCUT2D eigenvalue weighted by Crippen LogP contribution is -2.07. The van der Waals surface area contributed by atoms with Crippen molar-refractivity contribution in [2.24, 2.45) is 0 Å². The van der Waals surface area contributed by atoms with Crippen LogP contribution in [0.25, 0.3) is 16.8 Å². The van der Waals surface area contributed by atoms with Crippen molar-refractivity contribution in [1.82, 2.24) is 10.2 Å². The van der Waals surface area contributed by atoms with Gasteiger partial charge in [-0.2, -0.15) is 0 Å². The highest BCUT2D eigenvalue weighted by Crippen LogP contribution is 2.22. The van der Waals surface area contributed by atoms with E-state index in [1.807, 2.05) is 43.3 Å². The number of ether oxygens (including phenoxy) is 1. The van der Waals surface area contributed by atoms with Crippen molar-refractivity contribution in [3.8, 4) is 5.75 Å². The number of fused-ring (bicyclic) bond motifs is 1. The first kappa shape index (κ1) is 15.2. The molecule has 23 heavy (non-hydrogen) atoms. The Bertz CT molecular complexity index is 886. The van der Waals surface area contributed by atoms with E-state index in [-0.39, 0.29) is 5.91 Å². The van der Waals surface area contributed by atoms with Crippen molar-refractivity contribution in [3.05, 3.63) is 53.0 Å². The summed E-state index contributed by atoms with van der Waals surface area (Å²) in [4.78, 5) is 11.9. The highest BCUT2D eigenvalue weighted by Gasteiger charge is 2.03. The van der Waals surface area contributed by atoms with Crippen LogP contribution in [-0.2, 0) is 4.79 Å². The minimum absolute atomic E-state index is 0.226. The predicted octanol–water partition coefficient (Wildman–Crippen LogP) is 3.66. The van der Waals surface area contributed by atoms with E-state index in [4.69, 9.17) is 4.74 Å². The van der Waals surface area contributed by atoms with Crippen molar-refractivity contribution >= 4 is 39.2 Å². The van der Waals surface area contributed by atoms with E-state index in [9.17, 15) is 4.79 Å².